The Morgan fingerprint density at radius 1 is 1.03 bits per heavy atom. The fourth-order valence-electron chi connectivity index (χ4n) is 5.60. The molecule has 1 saturated carbocycles. The molecule has 7 nitrogen and oxygen atoms in total. The van der Waals surface area contributed by atoms with Gasteiger partial charge < -0.3 is 4.74 Å². The number of esters is 1. The number of allylic oxidation sites excluding steroid dienone is 2. The van der Waals surface area contributed by atoms with E-state index in [0.717, 1.165) is 64.8 Å². The second-order valence-electron chi connectivity index (χ2n) is 9.55. The van der Waals surface area contributed by atoms with E-state index in [-0.39, 0.29) is 22.4 Å². The van der Waals surface area contributed by atoms with Crippen molar-refractivity contribution in [3.05, 3.63) is 90.0 Å². The number of nitrogens with zero attached hydrogens (tertiary/aromatic N) is 4. The highest BCUT2D eigenvalue weighted by atomic mass is 16.5. The van der Waals surface area contributed by atoms with Gasteiger partial charge in [0.15, 0.2) is 0 Å². The Hall–Kier alpha value is -3.94. The first kappa shape index (κ1) is 22.5. The van der Waals surface area contributed by atoms with Crippen LogP contribution in [-0.2, 0) is 9.53 Å². The van der Waals surface area contributed by atoms with Crippen LogP contribution in [-0.4, -0.2) is 34.7 Å². The summed E-state index contributed by atoms with van der Waals surface area (Å²) in [7, 11) is 1.45. The molecule has 0 bridgehead atoms. The molecule has 6 rings (SSSR count). The van der Waals surface area contributed by atoms with Crippen molar-refractivity contribution in [1.82, 2.24) is 4.98 Å². The fourth-order valence-corrected chi connectivity index (χ4v) is 5.60. The molecule has 36 heavy (non-hydrogen) atoms. The third-order valence-corrected chi connectivity index (χ3v) is 7.46. The number of aromatic nitrogens is 1. The summed E-state index contributed by atoms with van der Waals surface area (Å²) in [5.74, 6) is 7.23. The minimum absolute atomic E-state index is 0.0547. The molecule has 1 aromatic heterocycles. The molecule has 3 aromatic rings. The molecule has 0 saturated heterocycles. The lowest BCUT2D eigenvalue weighted by Gasteiger charge is -2.30. The molecule has 2 N–H and O–H groups in total. The lowest BCUT2D eigenvalue weighted by molar-refractivity contribution is -0.750. The number of ether oxygens (including phenoxy) is 1. The maximum Gasteiger partial charge on any atom is 0.309 e. The number of hydrogen-bond donors (Lipinski definition) is 1. The van der Waals surface area contributed by atoms with Crippen molar-refractivity contribution in [2.24, 2.45) is 27.7 Å². The zero-order valence-electron chi connectivity index (χ0n) is 20.2. The summed E-state index contributed by atoms with van der Waals surface area (Å²) in [6.07, 6.45) is 9.03. The zero-order valence-corrected chi connectivity index (χ0v) is 20.2. The summed E-state index contributed by atoms with van der Waals surface area (Å²) in [5, 5.41) is 1.04. The Kier molecular flexibility index (Phi) is 5.59. The molecule has 180 valence electrons. The predicted octanol–water partition coefficient (Wildman–Crippen LogP) is 5.10. The van der Waals surface area contributed by atoms with Gasteiger partial charge >= 0.3 is 5.97 Å². The van der Waals surface area contributed by atoms with E-state index in [9.17, 15) is 4.79 Å². The van der Waals surface area contributed by atoms with Gasteiger partial charge in [-0.3, -0.25) is 9.79 Å². The summed E-state index contributed by atoms with van der Waals surface area (Å²) in [6.45, 7) is 0. The van der Waals surface area contributed by atoms with Crippen LogP contribution >= 0.6 is 0 Å². The van der Waals surface area contributed by atoms with E-state index in [1.807, 2.05) is 42.6 Å². The van der Waals surface area contributed by atoms with Crippen LogP contribution in [0.15, 0.2) is 94.4 Å². The van der Waals surface area contributed by atoms with Gasteiger partial charge in [0, 0.05) is 16.9 Å². The first-order valence-corrected chi connectivity index (χ1v) is 12.3. The number of pyridine rings is 1. The number of quaternary nitrogens is 1. The summed E-state index contributed by atoms with van der Waals surface area (Å²) < 4.78 is 5.07. The van der Waals surface area contributed by atoms with E-state index in [4.69, 9.17) is 20.6 Å². The predicted molar refractivity (Wildman–Crippen MR) is 140 cm³/mol. The highest BCUT2D eigenvalue weighted by Crippen LogP contribution is 2.43. The standard InChI is InChI=1S/C29H28N5O2/c1-36-29(35)23-10-6-5-9-22(23)27-26-18-31-15-16-34(26,30)28(33-27)21-12-11-20-13-14-24(32-25(20)17-21)19-7-3-2-4-8-19/h2-4,7-8,11-18,22-23H,5-6,9-10,30H2,1H3/q+1. The fraction of sp³-hybridized carbons (Fsp3) is 0.241. The Balaban J connectivity index is 1.45. The average molecular weight is 479 g/mol. The molecule has 1 aliphatic carbocycles. The van der Waals surface area contributed by atoms with Crippen LogP contribution in [0.2, 0.25) is 0 Å². The third-order valence-electron chi connectivity index (χ3n) is 7.46. The van der Waals surface area contributed by atoms with Gasteiger partial charge in [-0.15, -0.1) is 4.59 Å². The molecule has 7 heteroatoms. The van der Waals surface area contributed by atoms with Crippen molar-refractivity contribution in [2.75, 3.05) is 7.11 Å². The smallest absolute Gasteiger partial charge is 0.309 e. The van der Waals surface area contributed by atoms with Gasteiger partial charge in [0.2, 0.25) is 5.70 Å². The Bertz CT molecular complexity index is 1470. The quantitative estimate of drug-likeness (QED) is 0.321. The van der Waals surface area contributed by atoms with E-state index in [1.165, 1.54) is 7.11 Å². The van der Waals surface area contributed by atoms with Crippen molar-refractivity contribution < 1.29 is 14.1 Å². The first-order chi connectivity index (χ1) is 17.6. The summed E-state index contributed by atoms with van der Waals surface area (Å²) in [6, 6.07) is 20.4. The highest BCUT2D eigenvalue weighted by Gasteiger charge is 2.48. The molecule has 2 aliphatic heterocycles. The van der Waals surface area contributed by atoms with Gasteiger partial charge in [0.25, 0.3) is 5.84 Å². The van der Waals surface area contributed by atoms with Gasteiger partial charge in [0.1, 0.15) is 11.9 Å². The van der Waals surface area contributed by atoms with Crippen LogP contribution in [0.4, 0.5) is 0 Å². The number of benzene rings is 2. The van der Waals surface area contributed by atoms with Gasteiger partial charge in [-0.25, -0.2) is 4.98 Å². The van der Waals surface area contributed by atoms with Crippen molar-refractivity contribution in [2.45, 2.75) is 25.7 Å². The maximum absolute atomic E-state index is 12.6. The molecule has 3 heterocycles. The molecular weight excluding hydrogens is 450 g/mol. The van der Waals surface area contributed by atoms with Gasteiger partial charge in [0.05, 0.1) is 42.2 Å². The topological polar surface area (TPSA) is 89.9 Å². The molecule has 0 amide bonds. The van der Waals surface area contributed by atoms with Crippen molar-refractivity contribution in [1.29, 1.82) is 0 Å². The van der Waals surface area contributed by atoms with Crippen LogP contribution < -0.4 is 5.84 Å². The summed E-state index contributed by atoms with van der Waals surface area (Å²) >= 11 is 0. The maximum atomic E-state index is 12.6. The van der Waals surface area contributed by atoms with Crippen LogP contribution in [0.5, 0.6) is 0 Å². The number of nitrogens with two attached hydrogens (primary N) is 1. The molecule has 3 unspecified atom stereocenters. The van der Waals surface area contributed by atoms with E-state index in [2.05, 4.69) is 29.3 Å². The molecule has 3 aliphatic rings. The minimum atomic E-state index is -0.228. The Labute approximate surface area is 209 Å². The van der Waals surface area contributed by atoms with Crippen molar-refractivity contribution in [3.63, 3.8) is 0 Å². The highest BCUT2D eigenvalue weighted by molar-refractivity contribution is 6.02. The van der Waals surface area contributed by atoms with E-state index in [0.29, 0.717) is 5.84 Å². The number of carbonyl (C=O) groups is 1. The number of rotatable bonds is 4. The second-order valence-corrected chi connectivity index (χ2v) is 9.55. The van der Waals surface area contributed by atoms with Crippen LogP contribution in [0.1, 0.15) is 31.2 Å². The average Bonchev–Trinajstić information content (AvgIpc) is 3.25. The van der Waals surface area contributed by atoms with Gasteiger partial charge in [-0.05, 0) is 31.0 Å². The lowest BCUT2D eigenvalue weighted by atomic mass is 9.77. The number of aliphatic imine (C=N–C) groups is 2. The third kappa shape index (κ3) is 3.68. The summed E-state index contributed by atoms with van der Waals surface area (Å²) in [5.41, 5.74) is 5.38. The number of methoxy groups -OCH3 is 1. The van der Waals surface area contributed by atoms with Gasteiger partial charge in [-0.2, -0.15) is 10.8 Å². The van der Waals surface area contributed by atoms with Crippen LogP contribution in [0.3, 0.4) is 0 Å². The lowest BCUT2D eigenvalue weighted by Crippen LogP contribution is -2.53. The monoisotopic (exact) mass is 478 g/mol. The number of fused-ring (bicyclic) bond motifs is 2. The number of hydrogen-bond acceptors (Lipinski definition) is 6. The summed E-state index contributed by atoms with van der Waals surface area (Å²) in [4.78, 5) is 27.1. The normalized spacial score (nSPS) is 25.1. The number of carbonyl (C=O) groups excluding carboxylic acids is 1. The second kappa shape index (κ2) is 8.93. The minimum Gasteiger partial charge on any atom is -0.469 e. The molecular formula is C29H28N5O2+. The zero-order chi connectivity index (χ0) is 24.7. The van der Waals surface area contributed by atoms with Crippen molar-refractivity contribution in [3.8, 4) is 11.3 Å². The van der Waals surface area contributed by atoms with Crippen LogP contribution in [0.25, 0.3) is 22.2 Å². The SMILES string of the molecule is COC(=O)C1CCCCC1C1=C2C=NC=C[N+]2(N)C(c2ccc3ccc(-c4ccccc4)nc3c2)=N1. The van der Waals surface area contributed by atoms with E-state index in [1.54, 1.807) is 12.4 Å². The number of amidine groups is 1. The molecule has 0 spiro atoms. The van der Waals surface area contributed by atoms with E-state index >= 15 is 0 Å². The molecule has 3 atom stereocenters. The van der Waals surface area contributed by atoms with Crippen molar-refractivity contribution >= 4 is 28.9 Å². The Morgan fingerprint density at radius 2 is 1.83 bits per heavy atom. The van der Waals surface area contributed by atoms with E-state index < -0.39 is 0 Å². The van der Waals surface area contributed by atoms with Gasteiger partial charge in [-0.1, -0.05) is 55.3 Å². The first-order valence-electron chi connectivity index (χ1n) is 12.3. The molecule has 2 aromatic carbocycles. The molecule has 0 radical (unpaired) electrons. The largest absolute Gasteiger partial charge is 0.469 e. The Morgan fingerprint density at radius 3 is 2.67 bits per heavy atom. The molecule has 1 fully saturated rings. The van der Waals surface area contributed by atoms with Crippen LogP contribution in [0, 0.1) is 11.8 Å².